The summed E-state index contributed by atoms with van der Waals surface area (Å²) in [7, 11) is 0. The van der Waals surface area contributed by atoms with E-state index in [0.29, 0.717) is 0 Å². The van der Waals surface area contributed by atoms with Gasteiger partial charge in [-0.15, -0.1) is 11.8 Å². The number of Topliss-reactive ketones (excluding diaryl/α,β-unsaturated/α-hetero) is 1. The molecule has 0 bridgehead atoms. The average molecular weight is 378 g/mol. The maximum atomic E-state index is 13.4. The third kappa shape index (κ3) is 3.06. The molecule has 1 aliphatic rings. The lowest BCUT2D eigenvalue weighted by atomic mass is 9.93. The lowest BCUT2D eigenvalue weighted by Crippen LogP contribution is -2.16. The number of carbonyl (C=O) groups is 1. The Balaban J connectivity index is 1.66. The predicted molar refractivity (Wildman–Crippen MR) is 118 cm³/mol. The highest BCUT2D eigenvalue weighted by Gasteiger charge is 2.31. The van der Waals surface area contributed by atoms with Gasteiger partial charge in [0.1, 0.15) is 0 Å². The van der Waals surface area contributed by atoms with Crippen molar-refractivity contribution in [3.63, 3.8) is 0 Å². The van der Waals surface area contributed by atoms with Gasteiger partial charge in [0.15, 0.2) is 5.78 Å². The summed E-state index contributed by atoms with van der Waals surface area (Å²) in [6.45, 7) is 0. The number of thioether (sulfide) groups is 1. The first kappa shape index (κ1) is 17.0. The molecule has 1 nitrogen and oxygen atoms in total. The van der Waals surface area contributed by atoms with Gasteiger partial charge in [-0.3, -0.25) is 4.79 Å². The Morgan fingerprint density at radius 1 is 0.714 bits per heavy atom. The molecule has 4 aromatic rings. The van der Waals surface area contributed by atoms with Gasteiger partial charge in [-0.25, -0.2) is 0 Å². The smallest absolute Gasteiger partial charge is 0.191 e. The van der Waals surface area contributed by atoms with Crippen molar-refractivity contribution in [2.45, 2.75) is 10.1 Å². The van der Waals surface area contributed by atoms with Crippen molar-refractivity contribution in [2.24, 2.45) is 0 Å². The molecule has 4 aromatic carbocycles. The third-order valence-corrected chi connectivity index (χ3v) is 6.49. The maximum Gasteiger partial charge on any atom is 0.191 e. The van der Waals surface area contributed by atoms with Crippen LogP contribution >= 0.6 is 11.8 Å². The van der Waals surface area contributed by atoms with Crippen LogP contribution in [0, 0.1) is 0 Å². The van der Waals surface area contributed by atoms with Crippen molar-refractivity contribution >= 4 is 34.4 Å². The molecule has 1 aliphatic heterocycles. The molecule has 0 fully saturated rings. The van der Waals surface area contributed by atoms with Crippen LogP contribution in [0.25, 0.3) is 16.8 Å². The molecule has 5 rings (SSSR count). The van der Waals surface area contributed by atoms with Crippen molar-refractivity contribution in [1.29, 1.82) is 0 Å². The number of ketones is 1. The van der Waals surface area contributed by atoms with Gasteiger partial charge in [0.25, 0.3) is 0 Å². The Kier molecular flexibility index (Phi) is 4.34. The van der Waals surface area contributed by atoms with Gasteiger partial charge in [0.2, 0.25) is 0 Å². The second kappa shape index (κ2) is 7.14. The number of hydrogen-bond donors (Lipinski definition) is 0. The molecule has 0 radical (unpaired) electrons. The number of carbonyl (C=O) groups excluding carboxylic acids is 1. The van der Waals surface area contributed by atoms with Crippen molar-refractivity contribution < 1.29 is 4.79 Å². The minimum absolute atomic E-state index is 0.00456. The Labute approximate surface area is 168 Å². The first-order valence-electron chi connectivity index (χ1n) is 9.35. The number of hydrogen-bond acceptors (Lipinski definition) is 2. The van der Waals surface area contributed by atoms with Gasteiger partial charge in [0, 0.05) is 16.0 Å². The fourth-order valence-corrected chi connectivity index (χ4v) is 5.01. The first-order chi connectivity index (χ1) is 13.8. The summed E-state index contributed by atoms with van der Waals surface area (Å²) in [6, 6.07) is 32.9. The van der Waals surface area contributed by atoms with Gasteiger partial charge in [0.05, 0.1) is 5.25 Å². The number of benzene rings is 4. The molecule has 1 atom stereocenters. The predicted octanol–water partition coefficient (Wildman–Crippen LogP) is 6.95. The standard InChI is InChI=1S/C26H18OS/c27-25-22-12-6-7-13-24(22)28-26(20-9-2-1-3-10-20)23(25)17-18-14-15-19-8-4-5-11-21(19)16-18/h1-17,26H/b23-17+. The van der Waals surface area contributed by atoms with E-state index < -0.39 is 0 Å². The van der Waals surface area contributed by atoms with Crippen LogP contribution in [0.3, 0.4) is 0 Å². The summed E-state index contributed by atoms with van der Waals surface area (Å²) in [5, 5.41) is 2.39. The molecule has 1 unspecified atom stereocenters. The van der Waals surface area contributed by atoms with Crippen molar-refractivity contribution in [2.75, 3.05) is 0 Å². The van der Waals surface area contributed by atoms with E-state index in [2.05, 4.69) is 48.5 Å². The first-order valence-corrected chi connectivity index (χ1v) is 10.2. The van der Waals surface area contributed by atoms with Crippen LogP contribution in [0.1, 0.15) is 26.7 Å². The average Bonchev–Trinajstić information content (AvgIpc) is 2.76. The summed E-state index contributed by atoms with van der Waals surface area (Å²) in [5.41, 5.74) is 3.85. The maximum absolute atomic E-state index is 13.4. The highest BCUT2D eigenvalue weighted by molar-refractivity contribution is 8.00. The normalized spacial score (nSPS) is 17.6. The summed E-state index contributed by atoms with van der Waals surface area (Å²) in [4.78, 5) is 14.4. The molecule has 0 aromatic heterocycles. The molecule has 0 aliphatic carbocycles. The summed E-state index contributed by atoms with van der Waals surface area (Å²) in [5.74, 6) is 0.122. The van der Waals surface area contributed by atoms with E-state index in [4.69, 9.17) is 0 Å². The second-order valence-electron chi connectivity index (χ2n) is 6.94. The lowest BCUT2D eigenvalue weighted by Gasteiger charge is -2.26. The molecule has 28 heavy (non-hydrogen) atoms. The van der Waals surface area contributed by atoms with E-state index in [9.17, 15) is 4.79 Å². The van der Waals surface area contributed by atoms with Crippen molar-refractivity contribution in [1.82, 2.24) is 0 Å². The quantitative estimate of drug-likeness (QED) is 0.351. The zero-order chi connectivity index (χ0) is 18.9. The fourth-order valence-electron chi connectivity index (χ4n) is 3.72. The molecular formula is C26H18OS. The van der Waals surface area contributed by atoms with Crippen LogP contribution in [0.4, 0.5) is 0 Å². The third-order valence-electron chi connectivity index (χ3n) is 5.12. The highest BCUT2D eigenvalue weighted by Crippen LogP contribution is 2.48. The van der Waals surface area contributed by atoms with E-state index in [1.54, 1.807) is 11.8 Å². The Bertz CT molecular complexity index is 1210. The van der Waals surface area contributed by atoms with Gasteiger partial charge in [-0.05, 0) is 46.2 Å². The van der Waals surface area contributed by atoms with Crippen LogP contribution in [0.5, 0.6) is 0 Å². The minimum atomic E-state index is -0.00456. The van der Waals surface area contributed by atoms with Gasteiger partial charge in [-0.2, -0.15) is 0 Å². The fraction of sp³-hybridized carbons (Fsp3) is 0.0385. The van der Waals surface area contributed by atoms with Crippen molar-refractivity contribution in [3.8, 4) is 0 Å². The van der Waals surface area contributed by atoms with Crippen LogP contribution in [-0.2, 0) is 0 Å². The minimum Gasteiger partial charge on any atom is -0.289 e. The molecule has 0 saturated heterocycles. The van der Waals surface area contributed by atoms with E-state index >= 15 is 0 Å². The molecular weight excluding hydrogens is 360 g/mol. The highest BCUT2D eigenvalue weighted by atomic mass is 32.2. The van der Waals surface area contributed by atoms with E-state index in [1.807, 2.05) is 54.6 Å². The van der Waals surface area contributed by atoms with Crippen LogP contribution in [0.2, 0.25) is 0 Å². The molecule has 0 N–H and O–H groups in total. The summed E-state index contributed by atoms with van der Waals surface area (Å²) >= 11 is 1.76. The summed E-state index contributed by atoms with van der Waals surface area (Å²) in [6.07, 6.45) is 2.06. The molecule has 1 heterocycles. The zero-order valence-electron chi connectivity index (χ0n) is 15.2. The lowest BCUT2D eigenvalue weighted by molar-refractivity contribution is 0.102. The van der Waals surface area contributed by atoms with E-state index in [1.165, 1.54) is 10.8 Å². The SMILES string of the molecule is O=C1/C(=C\c2ccc3ccccc3c2)C(c2ccccc2)Sc2ccccc21. The van der Waals surface area contributed by atoms with E-state index in [0.717, 1.165) is 27.2 Å². The molecule has 0 saturated carbocycles. The van der Waals surface area contributed by atoms with Gasteiger partial charge in [-0.1, -0.05) is 78.9 Å². The molecule has 0 spiro atoms. The van der Waals surface area contributed by atoms with Gasteiger partial charge >= 0.3 is 0 Å². The largest absolute Gasteiger partial charge is 0.289 e. The Morgan fingerprint density at radius 3 is 2.29 bits per heavy atom. The molecule has 2 heteroatoms. The Morgan fingerprint density at radius 2 is 1.43 bits per heavy atom. The van der Waals surface area contributed by atoms with Crippen molar-refractivity contribution in [3.05, 3.63) is 119 Å². The second-order valence-corrected chi connectivity index (χ2v) is 8.09. The van der Waals surface area contributed by atoms with Gasteiger partial charge < -0.3 is 0 Å². The topological polar surface area (TPSA) is 17.1 Å². The monoisotopic (exact) mass is 378 g/mol. The van der Waals surface area contributed by atoms with Crippen LogP contribution < -0.4 is 0 Å². The number of fused-ring (bicyclic) bond motifs is 2. The number of rotatable bonds is 2. The zero-order valence-corrected chi connectivity index (χ0v) is 16.0. The molecule has 134 valence electrons. The van der Waals surface area contributed by atoms with Crippen LogP contribution in [-0.4, -0.2) is 5.78 Å². The summed E-state index contributed by atoms with van der Waals surface area (Å²) < 4.78 is 0. The van der Waals surface area contributed by atoms with E-state index in [-0.39, 0.29) is 11.0 Å². The Hall–Kier alpha value is -3.10. The van der Waals surface area contributed by atoms with Crippen LogP contribution in [0.15, 0.2) is 108 Å². The molecule has 0 amide bonds.